The first kappa shape index (κ1) is 12.0. The number of hydrogen-bond donors (Lipinski definition) is 0. The van der Waals surface area contributed by atoms with E-state index >= 15 is 0 Å². The molecule has 0 aromatic rings. The van der Waals surface area contributed by atoms with Gasteiger partial charge in [0.2, 0.25) is 0 Å². The van der Waals surface area contributed by atoms with Crippen molar-refractivity contribution in [3.63, 3.8) is 0 Å². The predicted molar refractivity (Wildman–Crippen MR) is 53.4 cm³/mol. The number of hydrogen-bond acceptors (Lipinski definition) is 2. The van der Waals surface area contributed by atoms with Crippen molar-refractivity contribution in [2.45, 2.75) is 45.6 Å². The molecule has 1 atom stereocenters. The van der Waals surface area contributed by atoms with E-state index in [1.165, 1.54) is 19.8 Å². The minimum Gasteiger partial charge on any atom is -0.458 e. The van der Waals surface area contributed by atoms with E-state index < -0.39 is 0 Å². The van der Waals surface area contributed by atoms with Gasteiger partial charge in [-0.3, -0.25) is 4.79 Å². The minimum absolute atomic E-state index is 0.137. The van der Waals surface area contributed by atoms with Gasteiger partial charge >= 0.3 is 5.97 Å². The Labute approximate surface area is 80.3 Å². The van der Waals surface area contributed by atoms with Crippen LogP contribution in [0.1, 0.15) is 39.5 Å². The second kappa shape index (κ2) is 7.63. The molecule has 0 spiro atoms. The molecule has 13 heavy (non-hydrogen) atoms. The molecule has 0 amide bonds. The molecule has 0 heterocycles. The van der Waals surface area contributed by atoms with Crippen molar-refractivity contribution in [3.8, 4) is 0 Å². The molecule has 0 aromatic carbocycles. The van der Waals surface area contributed by atoms with Crippen LogP contribution in [0, 0.1) is 0 Å². The quantitative estimate of drug-likeness (QED) is 0.358. The number of carbonyl (C=O) groups excluding carboxylic acids is 1. The largest absolute Gasteiger partial charge is 0.458 e. The van der Waals surface area contributed by atoms with Crippen LogP contribution in [-0.4, -0.2) is 12.1 Å². The summed E-state index contributed by atoms with van der Waals surface area (Å²) < 4.78 is 5.04. The molecule has 0 radical (unpaired) electrons. The lowest BCUT2D eigenvalue weighted by Gasteiger charge is -2.11. The monoisotopic (exact) mass is 182 g/mol. The molecular formula is C11H18O2. The van der Waals surface area contributed by atoms with E-state index in [1.54, 1.807) is 6.08 Å². The molecule has 0 bridgehead atoms. The average Bonchev–Trinajstić information content (AvgIpc) is 2.04. The summed E-state index contributed by atoms with van der Waals surface area (Å²) in [5.41, 5.74) is 2.65. The van der Waals surface area contributed by atoms with E-state index in [2.05, 4.69) is 19.2 Å². The summed E-state index contributed by atoms with van der Waals surface area (Å²) in [6.45, 7) is 7.03. The van der Waals surface area contributed by atoms with Crippen LogP contribution in [0.4, 0.5) is 0 Å². The molecule has 0 saturated heterocycles. The molecule has 0 aromatic heterocycles. The van der Waals surface area contributed by atoms with Gasteiger partial charge in [-0.1, -0.05) is 26.3 Å². The van der Waals surface area contributed by atoms with Gasteiger partial charge in [0, 0.05) is 6.92 Å². The number of ether oxygens (including phenoxy) is 1. The van der Waals surface area contributed by atoms with Gasteiger partial charge in [0.15, 0.2) is 0 Å². The third-order valence-electron chi connectivity index (χ3n) is 1.71. The van der Waals surface area contributed by atoms with Crippen molar-refractivity contribution in [2.75, 3.05) is 0 Å². The van der Waals surface area contributed by atoms with Crippen LogP contribution in [0.15, 0.2) is 18.4 Å². The number of carbonyl (C=O) groups is 1. The lowest BCUT2D eigenvalue weighted by Crippen LogP contribution is -2.13. The van der Waals surface area contributed by atoms with Crippen molar-refractivity contribution in [1.29, 1.82) is 0 Å². The summed E-state index contributed by atoms with van der Waals surface area (Å²) in [6, 6.07) is 0. The highest BCUT2D eigenvalue weighted by molar-refractivity contribution is 5.66. The molecular weight excluding hydrogens is 164 g/mol. The first-order valence-corrected chi connectivity index (χ1v) is 4.73. The van der Waals surface area contributed by atoms with Crippen LogP contribution in [-0.2, 0) is 9.53 Å². The highest BCUT2D eigenvalue weighted by Gasteiger charge is 2.06. The van der Waals surface area contributed by atoms with Crippen molar-refractivity contribution in [1.82, 2.24) is 0 Å². The Balaban J connectivity index is 3.80. The Bertz CT molecular complexity index is 190. The standard InChI is InChI=1S/C11H18O2/c1-4-6-7-9-11(8-5-2)13-10(3)12/h8,11H,2,4,6-7,9H2,1,3H3. The normalized spacial score (nSPS) is 11.5. The van der Waals surface area contributed by atoms with Crippen LogP contribution in [0.3, 0.4) is 0 Å². The predicted octanol–water partition coefficient (Wildman–Crippen LogP) is 2.84. The summed E-state index contributed by atoms with van der Waals surface area (Å²) >= 11 is 0. The first-order chi connectivity index (χ1) is 6.20. The fraction of sp³-hybridized carbons (Fsp3) is 0.636. The second-order valence-electron chi connectivity index (χ2n) is 3.01. The number of unbranched alkanes of at least 4 members (excludes halogenated alkanes) is 2. The van der Waals surface area contributed by atoms with Gasteiger partial charge in [0.1, 0.15) is 6.10 Å². The van der Waals surface area contributed by atoms with Gasteiger partial charge in [-0.05, 0) is 18.9 Å². The van der Waals surface area contributed by atoms with Gasteiger partial charge in [-0.25, -0.2) is 0 Å². The molecule has 0 N–H and O–H groups in total. The topological polar surface area (TPSA) is 26.3 Å². The molecule has 2 nitrogen and oxygen atoms in total. The third-order valence-corrected chi connectivity index (χ3v) is 1.71. The zero-order valence-corrected chi connectivity index (χ0v) is 8.51. The molecule has 0 aliphatic rings. The Hall–Kier alpha value is -1.01. The van der Waals surface area contributed by atoms with E-state index in [9.17, 15) is 4.79 Å². The fourth-order valence-corrected chi connectivity index (χ4v) is 1.12. The summed E-state index contributed by atoms with van der Waals surface area (Å²) in [4.78, 5) is 10.7. The Kier molecular flexibility index (Phi) is 7.04. The second-order valence-corrected chi connectivity index (χ2v) is 3.01. The van der Waals surface area contributed by atoms with Gasteiger partial charge in [-0.15, -0.1) is 5.73 Å². The minimum atomic E-state index is -0.243. The van der Waals surface area contributed by atoms with E-state index in [1.807, 2.05) is 0 Å². The Morgan fingerprint density at radius 3 is 2.77 bits per heavy atom. The van der Waals surface area contributed by atoms with Crippen LogP contribution in [0.2, 0.25) is 0 Å². The molecule has 0 saturated carbocycles. The maximum absolute atomic E-state index is 10.7. The molecule has 0 aliphatic heterocycles. The lowest BCUT2D eigenvalue weighted by atomic mass is 10.1. The number of esters is 1. The van der Waals surface area contributed by atoms with Crippen molar-refractivity contribution in [3.05, 3.63) is 18.4 Å². The summed E-state index contributed by atoms with van der Waals surface area (Å²) in [7, 11) is 0. The fourth-order valence-electron chi connectivity index (χ4n) is 1.12. The molecule has 0 fully saturated rings. The SMILES string of the molecule is C=C=CC(CCCCC)OC(C)=O. The smallest absolute Gasteiger partial charge is 0.303 e. The van der Waals surface area contributed by atoms with E-state index in [0.29, 0.717) is 0 Å². The average molecular weight is 182 g/mol. The zero-order valence-electron chi connectivity index (χ0n) is 8.51. The molecule has 74 valence electrons. The molecule has 2 heteroatoms. The maximum Gasteiger partial charge on any atom is 0.303 e. The maximum atomic E-state index is 10.7. The van der Waals surface area contributed by atoms with Gasteiger partial charge in [-0.2, -0.15) is 0 Å². The first-order valence-electron chi connectivity index (χ1n) is 4.73. The van der Waals surface area contributed by atoms with Crippen LogP contribution in [0.5, 0.6) is 0 Å². The highest BCUT2D eigenvalue weighted by Crippen LogP contribution is 2.07. The lowest BCUT2D eigenvalue weighted by molar-refractivity contribution is -0.144. The van der Waals surface area contributed by atoms with Crippen molar-refractivity contribution >= 4 is 5.97 Å². The van der Waals surface area contributed by atoms with Gasteiger partial charge in [0.25, 0.3) is 0 Å². The van der Waals surface area contributed by atoms with Crippen molar-refractivity contribution in [2.24, 2.45) is 0 Å². The van der Waals surface area contributed by atoms with E-state index in [4.69, 9.17) is 4.74 Å². The summed E-state index contributed by atoms with van der Waals surface area (Å²) in [5, 5.41) is 0. The van der Waals surface area contributed by atoms with Crippen LogP contribution >= 0.6 is 0 Å². The Morgan fingerprint density at radius 1 is 1.62 bits per heavy atom. The van der Waals surface area contributed by atoms with Gasteiger partial charge < -0.3 is 4.74 Å². The van der Waals surface area contributed by atoms with Crippen LogP contribution < -0.4 is 0 Å². The summed E-state index contributed by atoms with van der Waals surface area (Å²) in [5.74, 6) is -0.243. The summed E-state index contributed by atoms with van der Waals surface area (Å²) in [6.07, 6.45) is 5.86. The van der Waals surface area contributed by atoms with E-state index in [0.717, 1.165) is 12.8 Å². The number of rotatable bonds is 6. The van der Waals surface area contributed by atoms with Crippen LogP contribution in [0.25, 0.3) is 0 Å². The van der Waals surface area contributed by atoms with Gasteiger partial charge in [0.05, 0.1) is 0 Å². The van der Waals surface area contributed by atoms with Crippen molar-refractivity contribution < 1.29 is 9.53 Å². The molecule has 0 aliphatic carbocycles. The van der Waals surface area contributed by atoms with E-state index in [-0.39, 0.29) is 12.1 Å². The third kappa shape index (κ3) is 7.35. The Morgan fingerprint density at radius 2 is 2.31 bits per heavy atom. The zero-order chi connectivity index (χ0) is 10.1. The molecule has 1 unspecified atom stereocenters. The highest BCUT2D eigenvalue weighted by atomic mass is 16.5. The molecule has 0 rings (SSSR count).